The fraction of sp³-hybridized carbons (Fsp3) is 0.500. The van der Waals surface area contributed by atoms with Crippen LogP contribution in [0.1, 0.15) is 6.42 Å². The van der Waals surface area contributed by atoms with Crippen LogP contribution in [0.2, 0.25) is 0 Å². The van der Waals surface area contributed by atoms with Crippen molar-refractivity contribution in [2.24, 2.45) is 0 Å². The summed E-state index contributed by atoms with van der Waals surface area (Å²) >= 11 is 1.64. The van der Waals surface area contributed by atoms with Gasteiger partial charge in [0, 0.05) is 13.1 Å². The first kappa shape index (κ1) is 9.80. The van der Waals surface area contributed by atoms with Gasteiger partial charge in [0.25, 0.3) is 0 Å². The summed E-state index contributed by atoms with van der Waals surface area (Å²) in [4.78, 5) is 6.47. The van der Waals surface area contributed by atoms with Crippen LogP contribution in [0.25, 0.3) is 0 Å². The monoisotopic (exact) mass is 210 g/mol. The molecule has 0 bridgehead atoms. The summed E-state index contributed by atoms with van der Waals surface area (Å²) in [7, 11) is 0. The largest absolute Gasteiger partial charge is 0.391 e. The Balaban J connectivity index is 2.09. The predicted octanol–water partition coefficient (Wildman–Crippen LogP) is 1.37. The molecule has 0 aliphatic carbocycles. The maximum atomic E-state index is 9.40. The number of β-amino-alcohol motifs (C(OH)–C–C–N with tert-alkyl or cyclic N) is 1. The average molecular weight is 210 g/mol. The summed E-state index contributed by atoms with van der Waals surface area (Å²) in [6.07, 6.45) is 4.59. The van der Waals surface area contributed by atoms with Gasteiger partial charge in [-0.3, -0.25) is 0 Å². The number of pyridine rings is 1. The highest BCUT2D eigenvalue weighted by Gasteiger charge is 2.20. The van der Waals surface area contributed by atoms with E-state index >= 15 is 0 Å². The molecule has 1 atom stereocenters. The minimum Gasteiger partial charge on any atom is -0.391 e. The van der Waals surface area contributed by atoms with Gasteiger partial charge < -0.3 is 10.0 Å². The van der Waals surface area contributed by atoms with Gasteiger partial charge in [-0.2, -0.15) is 0 Å². The molecule has 0 spiro atoms. The van der Waals surface area contributed by atoms with Crippen LogP contribution in [-0.2, 0) is 0 Å². The fourth-order valence-corrected chi connectivity index (χ4v) is 2.02. The second-order valence-corrected chi connectivity index (χ2v) is 4.27. The first-order chi connectivity index (χ1) is 6.79. The Morgan fingerprint density at radius 3 is 2.93 bits per heavy atom. The maximum Gasteiger partial charge on any atom is 0.0958 e. The Morgan fingerprint density at radius 1 is 1.57 bits per heavy atom. The molecule has 1 aliphatic rings. The van der Waals surface area contributed by atoms with E-state index in [1.807, 2.05) is 18.5 Å². The van der Waals surface area contributed by atoms with E-state index in [4.69, 9.17) is 0 Å². The van der Waals surface area contributed by atoms with Crippen molar-refractivity contribution >= 4 is 17.4 Å². The van der Waals surface area contributed by atoms with Gasteiger partial charge in [0.2, 0.25) is 0 Å². The molecule has 14 heavy (non-hydrogen) atoms. The van der Waals surface area contributed by atoms with Crippen LogP contribution in [0.3, 0.4) is 0 Å². The minimum absolute atomic E-state index is 0.171. The third kappa shape index (κ3) is 2.01. The molecule has 2 rings (SSSR count). The molecule has 1 fully saturated rings. The molecule has 76 valence electrons. The molecule has 1 aliphatic heterocycles. The first-order valence-electron chi connectivity index (χ1n) is 4.72. The molecule has 0 aromatic carbocycles. The third-order valence-electron chi connectivity index (χ3n) is 2.46. The molecule has 1 aromatic rings. The van der Waals surface area contributed by atoms with E-state index < -0.39 is 0 Å². The molecule has 0 unspecified atom stereocenters. The second kappa shape index (κ2) is 4.19. The molecule has 2 heterocycles. The highest BCUT2D eigenvalue weighted by atomic mass is 32.2. The van der Waals surface area contributed by atoms with Crippen molar-refractivity contribution in [1.82, 2.24) is 4.98 Å². The Bertz CT molecular complexity index is 301. The van der Waals surface area contributed by atoms with E-state index in [2.05, 4.69) is 16.0 Å². The van der Waals surface area contributed by atoms with Crippen molar-refractivity contribution in [2.75, 3.05) is 24.2 Å². The summed E-state index contributed by atoms with van der Waals surface area (Å²) in [5, 5.41) is 10.4. The van der Waals surface area contributed by atoms with E-state index in [1.165, 1.54) is 0 Å². The number of aliphatic hydroxyl groups excluding tert-OH is 1. The second-order valence-electron chi connectivity index (χ2n) is 3.45. The van der Waals surface area contributed by atoms with Crippen LogP contribution in [0.5, 0.6) is 0 Å². The lowest BCUT2D eigenvalue weighted by molar-refractivity contribution is 0.198. The molecule has 1 aromatic heterocycles. The van der Waals surface area contributed by atoms with Crippen molar-refractivity contribution in [2.45, 2.75) is 17.6 Å². The highest BCUT2D eigenvalue weighted by molar-refractivity contribution is 7.98. The molecular formula is C10H14N2OS. The van der Waals surface area contributed by atoms with E-state index in [-0.39, 0.29) is 6.10 Å². The highest BCUT2D eigenvalue weighted by Crippen LogP contribution is 2.21. The molecule has 1 saturated heterocycles. The molecule has 0 saturated carbocycles. The maximum absolute atomic E-state index is 9.40. The van der Waals surface area contributed by atoms with Gasteiger partial charge in [-0.1, -0.05) is 0 Å². The van der Waals surface area contributed by atoms with Gasteiger partial charge in [-0.15, -0.1) is 11.8 Å². The zero-order valence-electron chi connectivity index (χ0n) is 8.18. The predicted molar refractivity (Wildman–Crippen MR) is 58.9 cm³/mol. The Hall–Kier alpha value is -0.740. The number of hydrogen-bond donors (Lipinski definition) is 1. The van der Waals surface area contributed by atoms with Gasteiger partial charge in [0.05, 0.1) is 23.0 Å². The van der Waals surface area contributed by atoms with Crippen LogP contribution < -0.4 is 4.90 Å². The quantitative estimate of drug-likeness (QED) is 0.748. The Kier molecular flexibility index (Phi) is 2.93. The number of aromatic nitrogens is 1. The molecule has 1 N–H and O–H groups in total. The van der Waals surface area contributed by atoms with E-state index in [0.29, 0.717) is 0 Å². The summed E-state index contributed by atoms with van der Waals surface area (Å²) in [5.74, 6) is 0. The minimum atomic E-state index is -0.171. The lowest BCUT2D eigenvalue weighted by atomic mass is 10.3. The van der Waals surface area contributed by atoms with Crippen molar-refractivity contribution in [3.8, 4) is 0 Å². The van der Waals surface area contributed by atoms with Crippen LogP contribution in [0.4, 0.5) is 5.69 Å². The smallest absolute Gasteiger partial charge is 0.0958 e. The molecule has 0 amide bonds. The van der Waals surface area contributed by atoms with Crippen LogP contribution in [-0.4, -0.2) is 35.5 Å². The van der Waals surface area contributed by atoms with Crippen molar-refractivity contribution in [3.05, 3.63) is 18.3 Å². The lowest BCUT2D eigenvalue weighted by Gasteiger charge is -2.17. The average Bonchev–Trinajstić information content (AvgIpc) is 2.65. The van der Waals surface area contributed by atoms with E-state index in [9.17, 15) is 5.11 Å². The molecule has 3 nitrogen and oxygen atoms in total. The summed E-state index contributed by atoms with van der Waals surface area (Å²) in [6, 6.07) is 4.08. The van der Waals surface area contributed by atoms with Crippen LogP contribution in [0.15, 0.2) is 23.4 Å². The standard InChI is InChI=1S/C10H14N2OS/c1-14-10-3-2-8(6-11-10)12-5-4-9(13)7-12/h2-3,6,9,13H,4-5,7H2,1H3/t9-/m0/s1. The summed E-state index contributed by atoms with van der Waals surface area (Å²) in [6.45, 7) is 1.67. The zero-order chi connectivity index (χ0) is 9.97. The van der Waals surface area contributed by atoms with Gasteiger partial charge >= 0.3 is 0 Å². The Morgan fingerprint density at radius 2 is 2.43 bits per heavy atom. The number of thioether (sulfide) groups is 1. The van der Waals surface area contributed by atoms with Crippen molar-refractivity contribution < 1.29 is 5.11 Å². The van der Waals surface area contributed by atoms with Crippen molar-refractivity contribution in [1.29, 1.82) is 0 Å². The first-order valence-corrected chi connectivity index (χ1v) is 5.95. The van der Waals surface area contributed by atoms with Gasteiger partial charge in [-0.25, -0.2) is 4.98 Å². The number of hydrogen-bond acceptors (Lipinski definition) is 4. The topological polar surface area (TPSA) is 36.4 Å². The lowest BCUT2D eigenvalue weighted by Crippen LogP contribution is -2.21. The van der Waals surface area contributed by atoms with Gasteiger partial charge in [0.1, 0.15) is 0 Å². The Labute approximate surface area is 88.1 Å². The van der Waals surface area contributed by atoms with E-state index in [1.54, 1.807) is 11.8 Å². The number of anilines is 1. The fourth-order valence-electron chi connectivity index (χ4n) is 1.66. The van der Waals surface area contributed by atoms with Gasteiger partial charge in [0.15, 0.2) is 0 Å². The van der Waals surface area contributed by atoms with E-state index in [0.717, 1.165) is 30.2 Å². The summed E-state index contributed by atoms with van der Waals surface area (Å²) in [5.41, 5.74) is 1.11. The summed E-state index contributed by atoms with van der Waals surface area (Å²) < 4.78 is 0. The normalized spacial score (nSPS) is 21.6. The van der Waals surface area contributed by atoms with Crippen LogP contribution >= 0.6 is 11.8 Å². The number of aliphatic hydroxyl groups is 1. The zero-order valence-corrected chi connectivity index (χ0v) is 9.00. The van der Waals surface area contributed by atoms with Crippen LogP contribution in [0, 0.1) is 0 Å². The SMILES string of the molecule is CSc1ccc(N2CC[C@H](O)C2)cn1. The van der Waals surface area contributed by atoms with Crippen molar-refractivity contribution in [3.63, 3.8) is 0 Å². The molecule has 4 heteroatoms. The number of rotatable bonds is 2. The third-order valence-corrected chi connectivity index (χ3v) is 3.12. The number of nitrogens with zero attached hydrogens (tertiary/aromatic N) is 2. The molecule has 0 radical (unpaired) electrons. The van der Waals surface area contributed by atoms with Gasteiger partial charge in [-0.05, 0) is 24.8 Å². The molecular weight excluding hydrogens is 196 g/mol.